The number of hydrogen-bond acceptors (Lipinski definition) is 7. The van der Waals surface area contributed by atoms with E-state index in [1.807, 2.05) is 7.05 Å². The number of hydrogen-bond donors (Lipinski definition) is 2. The predicted octanol–water partition coefficient (Wildman–Crippen LogP) is 0.0926. The molecule has 0 atom stereocenters. The van der Waals surface area contributed by atoms with Crippen molar-refractivity contribution in [3.05, 3.63) is 28.3 Å². The summed E-state index contributed by atoms with van der Waals surface area (Å²) in [5.41, 5.74) is -1.48. The highest BCUT2D eigenvalue weighted by molar-refractivity contribution is 7.89. The first kappa shape index (κ1) is 17.6. The van der Waals surface area contributed by atoms with E-state index in [0.29, 0.717) is 25.9 Å². The molecule has 0 saturated carbocycles. The van der Waals surface area contributed by atoms with Gasteiger partial charge in [-0.2, -0.15) is 0 Å². The van der Waals surface area contributed by atoms with Crippen LogP contribution in [-0.2, 0) is 10.0 Å². The van der Waals surface area contributed by atoms with Gasteiger partial charge >= 0.3 is 0 Å². The number of anilines is 1. The van der Waals surface area contributed by atoms with Gasteiger partial charge in [-0.3, -0.25) is 10.1 Å². The first-order chi connectivity index (χ1) is 10.5. The Morgan fingerprint density at radius 3 is 2.43 bits per heavy atom. The van der Waals surface area contributed by atoms with Crippen LogP contribution in [0.5, 0.6) is 0 Å². The Labute approximate surface area is 134 Å². The topological polar surface area (TPSA) is 130 Å². The molecule has 128 valence electrons. The molecule has 0 amide bonds. The van der Waals surface area contributed by atoms with Crippen LogP contribution >= 0.6 is 0 Å². The Kier molecular flexibility index (Phi) is 4.62. The Hall–Kier alpha value is -1.75. The zero-order valence-corrected chi connectivity index (χ0v) is 13.8. The lowest BCUT2D eigenvalue weighted by Crippen LogP contribution is -2.53. The van der Waals surface area contributed by atoms with Gasteiger partial charge in [0.1, 0.15) is 11.4 Å². The number of aliphatic hydroxyl groups is 1. The summed E-state index contributed by atoms with van der Waals surface area (Å²) in [7, 11) is -0.548. The van der Waals surface area contributed by atoms with Crippen LogP contribution in [0.1, 0.15) is 12.8 Å². The number of piperidine rings is 1. The first-order valence-electron chi connectivity index (χ1n) is 7.00. The van der Waals surface area contributed by atoms with Crippen molar-refractivity contribution in [1.82, 2.24) is 4.90 Å². The van der Waals surface area contributed by atoms with Crippen molar-refractivity contribution >= 4 is 21.4 Å². The molecule has 3 N–H and O–H groups in total. The number of primary sulfonamides is 1. The van der Waals surface area contributed by atoms with Gasteiger partial charge in [0.25, 0.3) is 5.69 Å². The van der Waals surface area contributed by atoms with Gasteiger partial charge < -0.3 is 14.9 Å². The van der Waals surface area contributed by atoms with Crippen LogP contribution in [0, 0.1) is 10.1 Å². The third-order valence-electron chi connectivity index (χ3n) is 4.25. The fourth-order valence-electron chi connectivity index (χ4n) is 2.65. The molecule has 0 aliphatic carbocycles. The van der Waals surface area contributed by atoms with E-state index in [-0.39, 0.29) is 10.6 Å². The number of benzene rings is 1. The minimum atomic E-state index is -4.04. The van der Waals surface area contributed by atoms with Gasteiger partial charge in [-0.15, -0.1) is 0 Å². The molecule has 23 heavy (non-hydrogen) atoms. The number of rotatable bonds is 4. The van der Waals surface area contributed by atoms with Crippen LogP contribution in [0.15, 0.2) is 23.1 Å². The molecular formula is C13H20N4O5S. The second kappa shape index (κ2) is 6.04. The van der Waals surface area contributed by atoms with Crippen LogP contribution in [0.25, 0.3) is 0 Å². The van der Waals surface area contributed by atoms with E-state index < -0.39 is 26.4 Å². The molecule has 10 heteroatoms. The lowest BCUT2D eigenvalue weighted by atomic mass is 9.98. The van der Waals surface area contributed by atoms with Crippen LogP contribution < -0.4 is 10.0 Å². The van der Waals surface area contributed by atoms with E-state index >= 15 is 0 Å². The number of sulfonamides is 1. The van der Waals surface area contributed by atoms with Gasteiger partial charge in [0.15, 0.2) is 0 Å². The zero-order chi connectivity index (χ0) is 17.4. The summed E-state index contributed by atoms with van der Waals surface area (Å²) in [6.45, 7) is 1.31. The highest BCUT2D eigenvalue weighted by atomic mass is 32.2. The number of likely N-dealkylation sites (tertiary alicyclic amines) is 1. The number of nitro groups is 1. The van der Waals surface area contributed by atoms with Crippen molar-refractivity contribution in [3.8, 4) is 0 Å². The molecule has 1 aromatic rings. The molecule has 1 aliphatic heterocycles. The van der Waals surface area contributed by atoms with E-state index in [4.69, 9.17) is 5.14 Å². The highest BCUT2D eigenvalue weighted by Crippen LogP contribution is 2.36. The molecule has 1 saturated heterocycles. The molecule has 1 aromatic carbocycles. The molecule has 9 nitrogen and oxygen atoms in total. The molecule has 0 bridgehead atoms. The fraction of sp³-hybridized carbons (Fsp3) is 0.538. The van der Waals surface area contributed by atoms with Gasteiger partial charge in [0.2, 0.25) is 10.0 Å². The quantitative estimate of drug-likeness (QED) is 0.450. The lowest BCUT2D eigenvalue weighted by Gasteiger charge is -2.43. The van der Waals surface area contributed by atoms with E-state index in [2.05, 4.69) is 4.90 Å². The van der Waals surface area contributed by atoms with Crippen molar-refractivity contribution in [3.63, 3.8) is 0 Å². The summed E-state index contributed by atoms with van der Waals surface area (Å²) in [6, 6.07) is 3.42. The minimum absolute atomic E-state index is 0.148. The van der Waals surface area contributed by atoms with Gasteiger partial charge in [0.05, 0.1) is 9.82 Å². The van der Waals surface area contributed by atoms with Crippen LogP contribution in [0.4, 0.5) is 11.4 Å². The van der Waals surface area contributed by atoms with Gasteiger partial charge in [-0.25, -0.2) is 13.6 Å². The maximum atomic E-state index is 11.4. The molecule has 1 fully saturated rings. The average molecular weight is 344 g/mol. The number of nitrogens with two attached hydrogens (primary N) is 1. The van der Waals surface area contributed by atoms with E-state index in [0.717, 1.165) is 6.07 Å². The molecular weight excluding hydrogens is 324 g/mol. The van der Waals surface area contributed by atoms with Crippen molar-refractivity contribution in [2.24, 2.45) is 5.14 Å². The molecule has 2 rings (SSSR count). The summed E-state index contributed by atoms with van der Waals surface area (Å²) in [5.74, 6) is 0. The standard InChI is InChI=1S/C13H20N4O5S/c1-15-7-5-13(18,6-8-15)16(2)11-4-3-10(23(14,21)22)9-12(11)17(19)20/h3-4,9,18H,5-8H2,1-2H3,(H2,14,21,22). The summed E-state index contributed by atoms with van der Waals surface area (Å²) in [6.07, 6.45) is 0.849. The predicted molar refractivity (Wildman–Crippen MR) is 84.6 cm³/mol. The Bertz CT molecular complexity index is 713. The van der Waals surface area contributed by atoms with E-state index in [1.165, 1.54) is 17.0 Å². The third-order valence-corrected chi connectivity index (χ3v) is 5.16. The van der Waals surface area contributed by atoms with Crippen molar-refractivity contribution < 1.29 is 18.4 Å². The monoisotopic (exact) mass is 344 g/mol. The SMILES string of the molecule is CN1CCC(O)(N(C)c2ccc(S(N)(=O)=O)cc2[N+](=O)[O-])CC1. The maximum Gasteiger partial charge on any atom is 0.293 e. The van der Waals surface area contributed by atoms with Gasteiger partial charge in [0, 0.05) is 39.0 Å². The second-order valence-electron chi connectivity index (χ2n) is 5.80. The summed E-state index contributed by atoms with van der Waals surface area (Å²) < 4.78 is 22.8. The normalized spacial score (nSPS) is 18.6. The van der Waals surface area contributed by atoms with Crippen molar-refractivity contribution in [2.45, 2.75) is 23.5 Å². The van der Waals surface area contributed by atoms with Crippen LogP contribution in [0.2, 0.25) is 0 Å². The Balaban J connectivity index is 2.44. The van der Waals surface area contributed by atoms with E-state index in [1.54, 1.807) is 7.05 Å². The van der Waals surface area contributed by atoms with Gasteiger partial charge in [-0.1, -0.05) is 0 Å². The summed E-state index contributed by atoms with van der Waals surface area (Å²) in [4.78, 5) is 13.8. The summed E-state index contributed by atoms with van der Waals surface area (Å²) >= 11 is 0. The minimum Gasteiger partial charge on any atom is -0.371 e. The van der Waals surface area contributed by atoms with Crippen molar-refractivity contribution in [2.75, 3.05) is 32.1 Å². The summed E-state index contributed by atoms with van der Waals surface area (Å²) in [5, 5.41) is 27.1. The number of nitrogens with zero attached hydrogens (tertiary/aromatic N) is 3. The maximum absolute atomic E-state index is 11.4. The van der Waals surface area contributed by atoms with Gasteiger partial charge in [-0.05, 0) is 19.2 Å². The highest BCUT2D eigenvalue weighted by Gasteiger charge is 2.38. The lowest BCUT2D eigenvalue weighted by molar-refractivity contribution is -0.384. The van der Waals surface area contributed by atoms with Crippen LogP contribution in [0.3, 0.4) is 0 Å². The van der Waals surface area contributed by atoms with Crippen LogP contribution in [-0.4, -0.2) is 56.3 Å². The first-order valence-corrected chi connectivity index (χ1v) is 8.55. The van der Waals surface area contributed by atoms with E-state index in [9.17, 15) is 23.6 Å². The largest absolute Gasteiger partial charge is 0.371 e. The number of nitro benzene ring substituents is 1. The average Bonchev–Trinajstić information content (AvgIpc) is 2.48. The molecule has 1 heterocycles. The zero-order valence-electron chi connectivity index (χ0n) is 13.0. The molecule has 0 radical (unpaired) electrons. The third kappa shape index (κ3) is 3.61. The molecule has 0 aromatic heterocycles. The molecule has 0 unspecified atom stereocenters. The molecule has 0 spiro atoms. The van der Waals surface area contributed by atoms with Crippen molar-refractivity contribution in [1.29, 1.82) is 0 Å². The fourth-order valence-corrected chi connectivity index (χ4v) is 3.18. The second-order valence-corrected chi connectivity index (χ2v) is 7.36. The smallest absolute Gasteiger partial charge is 0.293 e. The Morgan fingerprint density at radius 1 is 1.39 bits per heavy atom. The molecule has 1 aliphatic rings. The Morgan fingerprint density at radius 2 is 1.96 bits per heavy atom.